The Morgan fingerprint density at radius 3 is 2.59 bits per heavy atom. The quantitative estimate of drug-likeness (QED) is 0.720. The largest absolute Gasteiger partial charge is 0.378 e. The molecular weight excluding hydrogens is 306 g/mol. The van der Waals surface area contributed by atoms with Gasteiger partial charge in [-0.1, -0.05) is 0 Å². The standard InChI is InChI=1S/C14H25N3O4S/c1-22(19,20)17-7-4-14(3-6-15-5-2-12(14)17)13(18)16-8-10-21-11-9-16/h12,15H,2-11H2,1H3/t12-,14+/m1/s1. The Bertz CT molecular complexity index is 532. The van der Waals surface area contributed by atoms with Crippen LogP contribution < -0.4 is 5.32 Å². The second-order valence-electron chi connectivity index (χ2n) is 6.49. The lowest BCUT2D eigenvalue weighted by molar-refractivity contribution is -0.147. The molecule has 126 valence electrons. The molecule has 0 aromatic carbocycles. The first-order valence-corrected chi connectivity index (χ1v) is 9.85. The summed E-state index contributed by atoms with van der Waals surface area (Å²) in [4.78, 5) is 15.1. The van der Waals surface area contributed by atoms with E-state index < -0.39 is 15.4 Å². The van der Waals surface area contributed by atoms with Gasteiger partial charge in [-0.05, 0) is 32.4 Å². The summed E-state index contributed by atoms with van der Waals surface area (Å²) in [5.74, 6) is 0.121. The van der Waals surface area contributed by atoms with Crippen molar-refractivity contribution in [2.45, 2.75) is 25.3 Å². The molecule has 3 saturated heterocycles. The summed E-state index contributed by atoms with van der Waals surface area (Å²) >= 11 is 0. The Kier molecular flexibility index (Phi) is 4.46. The Morgan fingerprint density at radius 1 is 1.18 bits per heavy atom. The van der Waals surface area contributed by atoms with Gasteiger partial charge in [0, 0.05) is 25.7 Å². The molecule has 0 radical (unpaired) electrons. The minimum absolute atomic E-state index is 0.121. The van der Waals surface area contributed by atoms with Gasteiger partial charge in [-0.15, -0.1) is 0 Å². The van der Waals surface area contributed by atoms with E-state index in [9.17, 15) is 13.2 Å². The summed E-state index contributed by atoms with van der Waals surface area (Å²) in [6, 6.07) is -0.215. The fourth-order valence-corrected chi connectivity index (χ4v) is 5.32. The lowest BCUT2D eigenvalue weighted by Gasteiger charge is -2.40. The number of ether oxygens (including phenoxy) is 1. The minimum Gasteiger partial charge on any atom is -0.378 e. The van der Waals surface area contributed by atoms with Crippen LogP contribution in [0.5, 0.6) is 0 Å². The van der Waals surface area contributed by atoms with Crippen LogP contribution in [0.15, 0.2) is 0 Å². The number of carbonyl (C=O) groups is 1. The molecule has 0 spiro atoms. The van der Waals surface area contributed by atoms with E-state index in [-0.39, 0.29) is 11.9 Å². The molecule has 1 N–H and O–H groups in total. The van der Waals surface area contributed by atoms with E-state index in [1.807, 2.05) is 4.90 Å². The molecule has 1 amide bonds. The number of nitrogens with one attached hydrogen (secondary N) is 1. The maximum absolute atomic E-state index is 13.2. The highest BCUT2D eigenvalue weighted by atomic mass is 32.2. The molecule has 7 nitrogen and oxygen atoms in total. The molecular formula is C14H25N3O4S. The number of morpholine rings is 1. The van der Waals surface area contributed by atoms with Crippen molar-refractivity contribution in [2.75, 3.05) is 52.2 Å². The summed E-state index contributed by atoms with van der Waals surface area (Å²) in [7, 11) is -3.28. The lowest BCUT2D eigenvalue weighted by atomic mass is 9.75. The number of carbonyl (C=O) groups excluding carboxylic acids is 1. The van der Waals surface area contributed by atoms with Crippen molar-refractivity contribution >= 4 is 15.9 Å². The van der Waals surface area contributed by atoms with Gasteiger partial charge in [0.05, 0.1) is 24.9 Å². The minimum atomic E-state index is -3.28. The number of rotatable bonds is 2. The van der Waals surface area contributed by atoms with Crippen molar-refractivity contribution in [3.05, 3.63) is 0 Å². The van der Waals surface area contributed by atoms with Crippen molar-refractivity contribution in [1.82, 2.24) is 14.5 Å². The van der Waals surface area contributed by atoms with Gasteiger partial charge in [-0.3, -0.25) is 4.79 Å². The summed E-state index contributed by atoms with van der Waals surface area (Å²) in [5.41, 5.74) is -0.566. The molecule has 0 bridgehead atoms. The van der Waals surface area contributed by atoms with Crippen molar-refractivity contribution in [3.8, 4) is 0 Å². The first kappa shape index (κ1) is 16.2. The van der Waals surface area contributed by atoms with Crippen LogP contribution >= 0.6 is 0 Å². The highest BCUT2D eigenvalue weighted by molar-refractivity contribution is 7.88. The molecule has 8 heteroatoms. The average molecular weight is 331 g/mol. The maximum atomic E-state index is 13.2. The Labute approximate surface area is 132 Å². The first-order chi connectivity index (χ1) is 10.5. The number of hydrogen-bond donors (Lipinski definition) is 1. The molecule has 0 aromatic rings. The molecule has 0 aliphatic carbocycles. The topological polar surface area (TPSA) is 79.0 Å². The van der Waals surface area contributed by atoms with Crippen molar-refractivity contribution < 1.29 is 17.9 Å². The van der Waals surface area contributed by atoms with Crippen LogP contribution in [0.3, 0.4) is 0 Å². The van der Waals surface area contributed by atoms with Crippen LogP contribution in [0.2, 0.25) is 0 Å². The first-order valence-electron chi connectivity index (χ1n) is 8.00. The van der Waals surface area contributed by atoms with Crippen molar-refractivity contribution in [3.63, 3.8) is 0 Å². The van der Waals surface area contributed by atoms with Gasteiger partial charge in [-0.25, -0.2) is 8.42 Å². The van der Waals surface area contributed by atoms with Gasteiger partial charge in [0.2, 0.25) is 15.9 Å². The number of amides is 1. The van der Waals surface area contributed by atoms with Crippen LogP contribution in [0.4, 0.5) is 0 Å². The molecule has 0 aromatic heterocycles. The van der Waals surface area contributed by atoms with Crippen LogP contribution in [0.25, 0.3) is 0 Å². The second-order valence-corrected chi connectivity index (χ2v) is 8.42. The van der Waals surface area contributed by atoms with Gasteiger partial charge in [0.1, 0.15) is 0 Å². The van der Waals surface area contributed by atoms with Crippen LogP contribution in [-0.4, -0.2) is 81.8 Å². The SMILES string of the molecule is CS(=O)(=O)N1CC[C@@]2(C(=O)N3CCOCC3)CCNCC[C@@H]12. The number of nitrogens with zero attached hydrogens (tertiary/aromatic N) is 2. The van der Waals surface area contributed by atoms with Gasteiger partial charge in [0.15, 0.2) is 0 Å². The smallest absolute Gasteiger partial charge is 0.230 e. The van der Waals surface area contributed by atoms with Crippen LogP contribution in [-0.2, 0) is 19.6 Å². The van der Waals surface area contributed by atoms with Gasteiger partial charge < -0.3 is 15.0 Å². The Balaban J connectivity index is 1.91. The van der Waals surface area contributed by atoms with E-state index >= 15 is 0 Å². The highest BCUT2D eigenvalue weighted by Crippen LogP contribution is 2.45. The van der Waals surface area contributed by atoms with Gasteiger partial charge in [-0.2, -0.15) is 4.31 Å². The molecule has 3 aliphatic heterocycles. The van der Waals surface area contributed by atoms with E-state index in [1.165, 1.54) is 6.26 Å². The molecule has 0 unspecified atom stereocenters. The Hall–Kier alpha value is -0.700. The number of sulfonamides is 1. The Morgan fingerprint density at radius 2 is 1.91 bits per heavy atom. The zero-order valence-electron chi connectivity index (χ0n) is 13.1. The zero-order valence-corrected chi connectivity index (χ0v) is 13.9. The molecule has 3 rings (SSSR count). The highest BCUT2D eigenvalue weighted by Gasteiger charge is 2.56. The second kappa shape index (κ2) is 6.07. The summed E-state index contributed by atoms with van der Waals surface area (Å²) in [6.45, 7) is 4.35. The number of hydrogen-bond acceptors (Lipinski definition) is 5. The lowest BCUT2D eigenvalue weighted by Crippen LogP contribution is -2.54. The predicted molar refractivity (Wildman–Crippen MR) is 81.9 cm³/mol. The third kappa shape index (κ3) is 2.77. The summed E-state index contributed by atoms with van der Waals surface area (Å²) < 4.78 is 31.1. The average Bonchev–Trinajstić information content (AvgIpc) is 2.75. The van der Waals surface area contributed by atoms with Crippen molar-refractivity contribution in [2.24, 2.45) is 5.41 Å². The van der Waals surface area contributed by atoms with E-state index in [0.717, 1.165) is 13.1 Å². The molecule has 0 saturated carbocycles. The van der Waals surface area contributed by atoms with E-state index in [0.29, 0.717) is 52.1 Å². The van der Waals surface area contributed by atoms with E-state index in [1.54, 1.807) is 4.31 Å². The maximum Gasteiger partial charge on any atom is 0.230 e. The van der Waals surface area contributed by atoms with Crippen LogP contribution in [0.1, 0.15) is 19.3 Å². The van der Waals surface area contributed by atoms with E-state index in [4.69, 9.17) is 4.74 Å². The molecule has 2 atom stereocenters. The molecule has 3 fully saturated rings. The molecule has 22 heavy (non-hydrogen) atoms. The summed E-state index contributed by atoms with van der Waals surface area (Å²) in [5, 5.41) is 3.31. The monoisotopic (exact) mass is 331 g/mol. The third-order valence-corrected chi connectivity index (χ3v) is 6.55. The molecule has 3 aliphatic rings. The zero-order chi connectivity index (χ0) is 15.8. The van der Waals surface area contributed by atoms with Gasteiger partial charge >= 0.3 is 0 Å². The third-order valence-electron chi connectivity index (χ3n) is 5.26. The summed E-state index contributed by atoms with van der Waals surface area (Å²) in [6.07, 6.45) is 3.28. The van der Waals surface area contributed by atoms with E-state index in [2.05, 4.69) is 5.32 Å². The molecule has 3 heterocycles. The predicted octanol–water partition coefficient (Wildman–Crippen LogP) is -0.751. The normalized spacial score (nSPS) is 34.2. The number of fused-ring (bicyclic) bond motifs is 1. The van der Waals surface area contributed by atoms with Crippen molar-refractivity contribution in [1.29, 1.82) is 0 Å². The van der Waals surface area contributed by atoms with Gasteiger partial charge in [0.25, 0.3) is 0 Å². The van der Waals surface area contributed by atoms with Crippen LogP contribution in [0, 0.1) is 5.41 Å². The fraction of sp³-hybridized carbons (Fsp3) is 0.929. The fourth-order valence-electron chi connectivity index (χ4n) is 4.13.